The number of nitrogens with zero attached hydrogens (tertiary/aromatic N) is 5. The molecule has 2 aromatic rings. The van der Waals surface area contributed by atoms with Crippen LogP contribution in [-0.2, 0) is 29.0 Å². The minimum Gasteiger partial charge on any atom is -0.395 e. The molecule has 0 bridgehead atoms. The molecule has 8 heteroatoms. The van der Waals surface area contributed by atoms with Gasteiger partial charge in [0.1, 0.15) is 6.61 Å². The van der Waals surface area contributed by atoms with E-state index in [1.165, 1.54) is 24.1 Å². The van der Waals surface area contributed by atoms with Crippen LogP contribution >= 0.6 is 0 Å². The minimum absolute atomic E-state index is 0.0297. The van der Waals surface area contributed by atoms with Crippen molar-refractivity contribution in [1.82, 2.24) is 20.2 Å². The molecule has 1 N–H and O–H groups in total. The van der Waals surface area contributed by atoms with Gasteiger partial charge in [0.05, 0.1) is 6.54 Å². The number of carbonyl (C=O) groups is 1. The van der Waals surface area contributed by atoms with Crippen LogP contribution in [0, 0.1) is 0 Å². The Morgan fingerprint density at radius 3 is 2.40 bits per heavy atom. The topological polar surface area (TPSA) is 94.3 Å². The molecule has 8 nitrogen and oxygen atoms in total. The van der Waals surface area contributed by atoms with Gasteiger partial charge in [-0.05, 0) is 42.5 Å². The molecule has 0 saturated heterocycles. The first kappa shape index (κ1) is 23.5. The van der Waals surface area contributed by atoms with Crippen LogP contribution in [0.3, 0.4) is 0 Å². The van der Waals surface area contributed by atoms with Gasteiger partial charge in [-0.3, -0.25) is 4.79 Å². The summed E-state index contributed by atoms with van der Waals surface area (Å²) in [6.45, 7) is 9.13. The number of para-hydroxylation sites is 1. The molecule has 0 aliphatic carbocycles. The van der Waals surface area contributed by atoms with Gasteiger partial charge in [0.25, 0.3) is 5.91 Å². The van der Waals surface area contributed by atoms with Crippen molar-refractivity contribution < 1.29 is 9.63 Å². The molecule has 30 heavy (non-hydrogen) atoms. The highest BCUT2D eigenvalue weighted by Crippen LogP contribution is 2.22. The second-order valence-corrected chi connectivity index (χ2v) is 7.09. The number of aryl methyl sites for hydroxylation is 3. The van der Waals surface area contributed by atoms with E-state index in [9.17, 15) is 4.79 Å². The Bertz CT molecular complexity index is 809. The van der Waals surface area contributed by atoms with Crippen molar-refractivity contribution in [1.29, 1.82) is 0 Å². The van der Waals surface area contributed by atoms with Gasteiger partial charge in [-0.25, -0.2) is 0 Å². The molecule has 0 saturated carbocycles. The van der Waals surface area contributed by atoms with Gasteiger partial charge in [-0.1, -0.05) is 69.8 Å². The van der Waals surface area contributed by atoms with E-state index in [2.05, 4.69) is 46.7 Å². The number of aromatic nitrogens is 4. The summed E-state index contributed by atoms with van der Waals surface area (Å²) >= 11 is 0. The molecule has 0 fully saturated rings. The summed E-state index contributed by atoms with van der Waals surface area (Å²) in [5.74, 6) is -0.233. The molecule has 1 amide bonds. The van der Waals surface area contributed by atoms with Gasteiger partial charge in [0.15, 0.2) is 0 Å². The number of rotatable bonds is 13. The van der Waals surface area contributed by atoms with Crippen molar-refractivity contribution in [3.8, 4) is 0 Å². The largest absolute Gasteiger partial charge is 0.395 e. The van der Waals surface area contributed by atoms with E-state index in [1.807, 2.05) is 18.2 Å². The van der Waals surface area contributed by atoms with Crippen LogP contribution in [0.2, 0.25) is 0 Å². The summed E-state index contributed by atoms with van der Waals surface area (Å²) in [6.07, 6.45) is 7.37. The third kappa shape index (κ3) is 6.64. The number of benzene rings is 1. The number of nitrogens with one attached hydrogen (secondary N) is 1. The second kappa shape index (κ2) is 12.7. The first-order chi connectivity index (χ1) is 14.6. The molecular weight excluding hydrogens is 380 g/mol. The van der Waals surface area contributed by atoms with Gasteiger partial charge in [0.2, 0.25) is 11.5 Å². The van der Waals surface area contributed by atoms with E-state index in [-0.39, 0.29) is 11.5 Å². The Balaban J connectivity index is 2.16. The SMILES string of the molecule is CCCCCCCn1nnc(C(=NOCC)C(=O)Nc2c(CC)cccc2CC)n1. The number of tetrazole rings is 1. The molecule has 0 atom stereocenters. The predicted molar refractivity (Wildman–Crippen MR) is 119 cm³/mol. The Hall–Kier alpha value is -2.77. The number of oxime groups is 1. The lowest BCUT2D eigenvalue weighted by Crippen LogP contribution is -2.27. The van der Waals surface area contributed by atoms with Gasteiger partial charge in [0, 0.05) is 5.69 Å². The van der Waals surface area contributed by atoms with E-state index in [1.54, 1.807) is 6.92 Å². The van der Waals surface area contributed by atoms with Gasteiger partial charge in [-0.2, -0.15) is 4.80 Å². The van der Waals surface area contributed by atoms with Crippen LogP contribution in [0.4, 0.5) is 5.69 Å². The molecule has 0 unspecified atom stereocenters. The van der Waals surface area contributed by atoms with Gasteiger partial charge < -0.3 is 10.2 Å². The lowest BCUT2D eigenvalue weighted by atomic mass is 10.0. The molecule has 1 aromatic heterocycles. The van der Waals surface area contributed by atoms with Crippen molar-refractivity contribution in [2.75, 3.05) is 11.9 Å². The molecule has 0 spiro atoms. The molecule has 0 radical (unpaired) electrons. The fraction of sp³-hybridized carbons (Fsp3) is 0.591. The summed E-state index contributed by atoms with van der Waals surface area (Å²) in [5, 5.41) is 19.5. The molecule has 1 heterocycles. The zero-order valence-corrected chi connectivity index (χ0v) is 18.6. The fourth-order valence-corrected chi connectivity index (χ4v) is 3.18. The predicted octanol–water partition coefficient (Wildman–Crippen LogP) is 4.15. The van der Waals surface area contributed by atoms with Crippen molar-refractivity contribution >= 4 is 17.3 Å². The number of hydrogen-bond donors (Lipinski definition) is 1. The van der Waals surface area contributed by atoms with E-state index in [0.29, 0.717) is 13.2 Å². The second-order valence-electron chi connectivity index (χ2n) is 7.09. The monoisotopic (exact) mass is 414 g/mol. The average molecular weight is 415 g/mol. The molecule has 0 aliphatic heterocycles. The van der Waals surface area contributed by atoms with Crippen molar-refractivity contribution in [3.63, 3.8) is 0 Å². The minimum atomic E-state index is -0.401. The molecule has 1 aromatic carbocycles. The van der Waals surface area contributed by atoms with Crippen LogP contribution in [0.5, 0.6) is 0 Å². The smallest absolute Gasteiger partial charge is 0.281 e. The molecular formula is C22H34N6O2. The summed E-state index contributed by atoms with van der Waals surface area (Å²) in [6, 6.07) is 6.04. The van der Waals surface area contributed by atoms with Crippen LogP contribution in [0.1, 0.15) is 76.8 Å². The van der Waals surface area contributed by atoms with Crippen molar-refractivity contribution in [2.45, 2.75) is 79.2 Å². The Morgan fingerprint density at radius 2 is 1.77 bits per heavy atom. The number of hydrogen-bond acceptors (Lipinski definition) is 6. The van der Waals surface area contributed by atoms with E-state index in [4.69, 9.17) is 4.84 Å². The number of amides is 1. The number of unbranched alkanes of at least 4 members (excludes halogenated alkanes) is 4. The summed E-state index contributed by atoms with van der Waals surface area (Å²) < 4.78 is 0. The fourth-order valence-electron chi connectivity index (χ4n) is 3.18. The van der Waals surface area contributed by atoms with Crippen LogP contribution in [0.15, 0.2) is 23.4 Å². The van der Waals surface area contributed by atoms with Crippen LogP contribution < -0.4 is 5.32 Å². The molecule has 0 aliphatic rings. The number of carbonyl (C=O) groups excluding carboxylic acids is 1. The highest BCUT2D eigenvalue weighted by Gasteiger charge is 2.22. The first-order valence-electron chi connectivity index (χ1n) is 11.0. The molecule has 2 rings (SSSR count). The third-order valence-corrected chi connectivity index (χ3v) is 4.86. The van der Waals surface area contributed by atoms with Gasteiger partial charge in [-0.15, -0.1) is 10.2 Å². The summed E-state index contributed by atoms with van der Waals surface area (Å²) in [4.78, 5) is 19.7. The van der Waals surface area contributed by atoms with Gasteiger partial charge >= 0.3 is 0 Å². The lowest BCUT2D eigenvalue weighted by molar-refractivity contribution is -0.110. The standard InChI is InChI=1S/C22H34N6O2/c1-5-9-10-11-12-16-28-25-21(24-27-28)20(26-30-8-4)22(29)23-19-17(6-2)14-13-15-18(19)7-3/h13-15H,5-12,16H2,1-4H3,(H,23,29). The quantitative estimate of drug-likeness (QED) is 0.302. The van der Waals surface area contributed by atoms with E-state index >= 15 is 0 Å². The third-order valence-electron chi connectivity index (χ3n) is 4.86. The number of anilines is 1. The van der Waals surface area contributed by atoms with Crippen LogP contribution in [0.25, 0.3) is 0 Å². The van der Waals surface area contributed by atoms with Crippen molar-refractivity contribution in [3.05, 3.63) is 35.2 Å². The average Bonchev–Trinajstić information content (AvgIpc) is 3.22. The Kier molecular flexibility index (Phi) is 9.97. The van der Waals surface area contributed by atoms with Crippen molar-refractivity contribution in [2.24, 2.45) is 5.16 Å². The Morgan fingerprint density at radius 1 is 1.07 bits per heavy atom. The highest BCUT2D eigenvalue weighted by atomic mass is 16.6. The summed E-state index contributed by atoms with van der Waals surface area (Å²) in [5.41, 5.74) is 2.99. The van der Waals surface area contributed by atoms with E-state index < -0.39 is 5.91 Å². The maximum atomic E-state index is 13.1. The summed E-state index contributed by atoms with van der Waals surface area (Å²) in [7, 11) is 0. The normalized spacial score (nSPS) is 11.5. The molecule has 164 valence electrons. The van der Waals surface area contributed by atoms with E-state index in [0.717, 1.165) is 42.5 Å². The maximum absolute atomic E-state index is 13.1. The zero-order chi connectivity index (χ0) is 21.8. The lowest BCUT2D eigenvalue weighted by Gasteiger charge is -2.14. The van der Waals surface area contributed by atoms with Crippen LogP contribution in [-0.4, -0.2) is 38.4 Å². The zero-order valence-electron chi connectivity index (χ0n) is 18.6. The first-order valence-corrected chi connectivity index (χ1v) is 11.0. The Labute approximate surface area is 179 Å². The maximum Gasteiger partial charge on any atom is 0.281 e. The highest BCUT2D eigenvalue weighted by molar-refractivity contribution is 6.47.